The first kappa shape index (κ1) is 17.0. The second-order valence-corrected chi connectivity index (χ2v) is 4.81. The predicted octanol–water partition coefficient (Wildman–Crippen LogP) is 4.15. The summed E-state index contributed by atoms with van der Waals surface area (Å²) >= 11 is 11.4. The summed E-state index contributed by atoms with van der Waals surface area (Å²) in [4.78, 5) is 11.4. The highest BCUT2D eigenvalue weighted by molar-refractivity contribution is 6.35. The lowest BCUT2D eigenvalue weighted by Crippen LogP contribution is -2.50. The minimum Gasteiger partial charge on any atom is -0.336 e. The Morgan fingerprint density at radius 2 is 1.75 bits per heavy atom. The van der Waals surface area contributed by atoms with Crippen LogP contribution in [-0.2, 0) is 11.3 Å². The van der Waals surface area contributed by atoms with Crippen molar-refractivity contribution in [3.8, 4) is 0 Å². The topological polar surface area (TPSA) is 20.3 Å². The van der Waals surface area contributed by atoms with Crippen LogP contribution >= 0.6 is 23.2 Å². The Balaban J connectivity index is 2.91. The Bertz CT molecular complexity index is 518. The van der Waals surface area contributed by atoms with Crippen LogP contribution in [0.3, 0.4) is 0 Å². The first-order valence-corrected chi connectivity index (χ1v) is 5.86. The minimum absolute atomic E-state index is 0.0625. The number of hydrogen-bond donors (Lipinski definition) is 0. The molecule has 0 aliphatic heterocycles. The molecule has 0 saturated carbocycles. The summed E-state index contributed by atoms with van der Waals surface area (Å²) in [5.74, 6) is -7.79. The van der Waals surface area contributed by atoms with Gasteiger partial charge in [-0.1, -0.05) is 29.3 Å². The smallest absolute Gasteiger partial charge is 0.336 e. The number of alkyl halides is 5. The molecule has 0 aromatic heterocycles. The van der Waals surface area contributed by atoms with E-state index in [9.17, 15) is 26.7 Å². The first-order chi connectivity index (χ1) is 8.96. The van der Waals surface area contributed by atoms with E-state index in [-0.39, 0.29) is 20.5 Å². The van der Waals surface area contributed by atoms with Gasteiger partial charge < -0.3 is 4.90 Å². The van der Waals surface area contributed by atoms with Gasteiger partial charge in [0.15, 0.2) is 0 Å². The average molecular weight is 336 g/mol. The number of hydrogen-bond acceptors (Lipinski definition) is 1. The normalized spacial score (nSPS) is 12.4. The molecule has 1 aromatic carbocycles. The molecule has 1 amide bonds. The van der Waals surface area contributed by atoms with Crippen LogP contribution in [0.4, 0.5) is 22.0 Å². The standard InChI is InChI=1S/C11H8Cl2F5NO/c1-19(9(20)10(14,15)11(16,17)18)5-6-2-3-7(12)4-8(6)13/h2-4H,5H2,1H3. The second-order valence-electron chi connectivity index (χ2n) is 3.97. The van der Waals surface area contributed by atoms with Crippen LogP contribution in [0.5, 0.6) is 0 Å². The highest BCUT2D eigenvalue weighted by Gasteiger charge is 2.64. The van der Waals surface area contributed by atoms with Crippen molar-refractivity contribution >= 4 is 29.1 Å². The largest absolute Gasteiger partial charge is 0.463 e. The molecule has 0 saturated heterocycles. The van der Waals surface area contributed by atoms with E-state index >= 15 is 0 Å². The molecule has 0 heterocycles. The lowest BCUT2D eigenvalue weighted by molar-refractivity contribution is -0.274. The lowest BCUT2D eigenvalue weighted by Gasteiger charge is -2.25. The van der Waals surface area contributed by atoms with Crippen LogP contribution in [0.2, 0.25) is 10.0 Å². The molecule has 0 aliphatic rings. The van der Waals surface area contributed by atoms with Crippen molar-refractivity contribution in [2.24, 2.45) is 0 Å². The molecule has 20 heavy (non-hydrogen) atoms. The van der Waals surface area contributed by atoms with Gasteiger partial charge in [-0.3, -0.25) is 4.79 Å². The van der Waals surface area contributed by atoms with Crippen LogP contribution in [-0.4, -0.2) is 30.0 Å². The van der Waals surface area contributed by atoms with E-state index in [1.165, 1.54) is 18.2 Å². The van der Waals surface area contributed by atoms with Gasteiger partial charge in [-0.2, -0.15) is 22.0 Å². The number of nitrogens with zero attached hydrogens (tertiary/aromatic N) is 1. The van der Waals surface area contributed by atoms with Gasteiger partial charge >= 0.3 is 18.0 Å². The number of halogens is 7. The summed E-state index contributed by atoms with van der Waals surface area (Å²) in [6.45, 7) is -0.499. The van der Waals surface area contributed by atoms with E-state index in [2.05, 4.69) is 0 Å². The second kappa shape index (κ2) is 5.73. The summed E-state index contributed by atoms with van der Waals surface area (Å²) in [6, 6.07) is 4.00. The van der Waals surface area contributed by atoms with E-state index in [0.717, 1.165) is 7.05 Å². The fourth-order valence-corrected chi connectivity index (χ4v) is 1.81. The highest BCUT2D eigenvalue weighted by atomic mass is 35.5. The molecule has 0 atom stereocenters. The number of carbonyl (C=O) groups excluding carboxylic acids is 1. The fraction of sp³-hybridized carbons (Fsp3) is 0.364. The zero-order valence-corrected chi connectivity index (χ0v) is 11.5. The maximum Gasteiger partial charge on any atom is 0.463 e. The summed E-state index contributed by atoms with van der Waals surface area (Å²) in [5, 5.41) is 0.334. The third kappa shape index (κ3) is 3.52. The monoisotopic (exact) mass is 335 g/mol. The van der Waals surface area contributed by atoms with Gasteiger partial charge in [-0.15, -0.1) is 0 Å². The van der Waals surface area contributed by atoms with Crippen molar-refractivity contribution in [3.05, 3.63) is 33.8 Å². The summed E-state index contributed by atoms with van der Waals surface area (Å²) in [5.41, 5.74) is 0.199. The summed E-state index contributed by atoms with van der Waals surface area (Å²) in [7, 11) is 0.826. The van der Waals surface area contributed by atoms with Gasteiger partial charge in [0.1, 0.15) is 0 Å². The van der Waals surface area contributed by atoms with Gasteiger partial charge in [-0.25, -0.2) is 0 Å². The molecule has 2 nitrogen and oxygen atoms in total. The fourth-order valence-electron chi connectivity index (χ4n) is 1.34. The van der Waals surface area contributed by atoms with Crippen LogP contribution in [0.15, 0.2) is 18.2 Å². The lowest BCUT2D eigenvalue weighted by atomic mass is 10.2. The maximum absolute atomic E-state index is 12.9. The van der Waals surface area contributed by atoms with E-state index < -0.39 is 24.6 Å². The molecule has 0 unspecified atom stereocenters. The van der Waals surface area contributed by atoms with E-state index in [1.54, 1.807) is 0 Å². The van der Waals surface area contributed by atoms with Gasteiger partial charge in [0.05, 0.1) is 0 Å². The van der Waals surface area contributed by atoms with E-state index in [4.69, 9.17) is 23.2 Å². The Morgan fingerprint density at radius 3 is 2.20 bits per heavy atom. The number of carbonyl (C=O) groups is 1. The SMILES string of the molecule is CN(Cc1ccc(Cl)cc1Cl)C(=O)C(F)(F)C(F)(F)F. The zero-order valence-electron chi connectivity index (χ0n) is 9.94. The van der Waals surface area contributed by atoms with E-state index in [1.807, 2.05) is 0 Å². The van der Waals surface area contributed by atoms with Crippen molar-refractivity contribution in [2.75, 3.05) is 7.05 Å². The molecule has 1 rings (SSSR count). The maximum atomic E-state index is 12.9. The molecule has 9 heteroatoms. The van der Waals surface area contributed by atoms with Gasteiger partial charge in [-0.05, 0) is 17.7 Å². The van der Waals surface area contributed by atoms with Crippen molar-refractivity contribution in [1.82, 2.24) is 4.90 Å². The zero-order chi connectivity index (χ0) is 15.7. The van der Waals surface area contributed by atoms with Crippen LogP contribution in [0.1, 0.15) is 5.56 Å². The van der Waals surface area contributed by atoms with Crippen molar-refractivity contribution in [2.45, 2.75) is 18.6 Å². The van der Waals surface area contributed by atoms with Crippen LogP contribution < -0.4 is 0 Å². The van der Waals surface area contributed by atoms with Crippen molar-refractivity contribution in [3.63, 3.8) is 0 Å². The highest BCUT2D eigenvalue weighted by Crippen LogP contribution is 2.37. The van der Waals surface area contributed by atoms with E-state index in [0.29, 0.717) is 0 Å². The molecule has 0 spiro atoms. The number of benzene rings is 1. The molecular formula is C11H8Cl2F5NO. The minimum atomic E-state index is -5.94. The number of amides is 1. The third-order valence-corrected chi connectivity index (χ3v) is 2.98. The molecule has 0 radical (unpaired) electrons. The van der Waals surface area contributed by atoms with Crippen LogP contribution in [0, 0.1) is 0 Å². The Hall–Kier alpha value is -1.08. The predicted molar refractivity (Wildman–Crippen MR) is 63.9 cm³/mol. The first-order valence-electron chi connectivity index (χ1n) is 5.11. The summed E-state index contributed by atoms with van der Waals surface area (Å²) in [6.07, 6.45) is -5.94. The molecule has 1 aromatic rings. The van der Waals surface area contributed by atoms with Crippen molar-refractivity contribution < 1.29 is 26.7 Å². The molecule has 0 N–H and O–H groups in total. The molecule has 0 bridgehead atoms. The Kier molecular flexibility index (Phi) is 4.86. The van der Waals surface area contributed by atoms with Crippen molar-refractivity contribution in [1.29, 1.82) is 0 Å². The molecular weight excluding hydrogens is 328 g/mol. The summed E-state index contributed by atoms with van der Waals surface area (Å²) < 4.78 is 62.0. The molecule has 112 valence electrons. The average Bonchev–Trinajstić information content (AvgIpc) is 2.30. The number of rotatable bonds is 3. The third-order valence-electron chi connectivity index (χ3n) is 2.39. The Morgan fingerprint density at radius 1 is 1.20 bits per heavy atom. The van der Waals surface area contributed by atoms with Gasteiger partial charge in [0.2, 0.25) is 0 Å². The quantitative estimate of drug-likeness (QED) is 0.760. The van der Waals surface area contributed by atoms with Crippen LogP contribution in [0.25, 0.3) is 0 Å². The Labute approximate surface area is 121 Å². The van der Waals surface area contributed by atoms with Gasteiger partial charge in [0, 0.05) is 23.6 Å². The molecule has 0 fully saturated rings. The molecule has 0 aliphatic carbocycles. The van der Waals surface area contributed by atoms with Gasteiger partial charge in [0.25, 0.3) is 0 Å².